The van der Waals surface area contributed by atoms with Gasteiger partial charge >= 0.3 is 0 Å². The van der Waals surface area contributed by atoms with Gasteiger partial charge in [-0.25, -0.2) is 8.78 Å². The summed E-state index contributed by atoms with van der Waals surface area (Å²) in [5, 5.41) is 22.9. The average molecular weight is 286 g/mol. The van der Waals surface area contributed by atoms with E-state index in [0.717, 1.165) is 19.3 Å². The Morgan fingerprint density at radius 2 is 1.90 bits per heavy atom. The molecular formula is C13H16F2N2O3. The molecule has 1 aliphatic carbocycles. The number of benzene rings is 1. The summed E-state index contributed by atoms with van der Waals surface area (Å²) in [5.74, 6) is -2.05. The second-order valence-electron chi connectivity index (χ2n) is 5.03. The highest BCUT2D eigenvalue weighted by Gasteiger charge is 2.24. The standard InChI is InChI=1S/C13H16F2N2O3/c14-10-5-9(17(19)20)6-11(15)13(10)16-7-8-3-1-2-4-12(8)18/h5-6,8,12,16,18H,1-4,7H2. The van der Waals surface area contributed by atoms with Crippen LogP contribution in [-0.4, -0.2) is 22.7 Å². The summed E-state index contributed by atoms with van der Waals surface area (Å²) in [6.45, 7) is 0.243. The van der Waals surface area contributed by atoms with Crippen LogP contribution in [-0.2, 0) is 0 Å². The van der Waals surface area contributed by atoms with Crippen LogP contribution in [0.2, 0.25) is 0 Å². The maximum Gasteiger partial charge on any atom is 0.275 e. The van der Waals surface area contributed by atoms with Gasteiger partial charge < -0.3 is 10.4 Å². The number of nitro benzene ring substituents is 1. The number of hydrogen-bond donors (Lipinski definition) is 2. The predicted molar refractivity (Wildman–Crippen MR) is 69.5 cm³/mol. The summed E-state index contributed by atoms with van der Waals surface area (Å²) < 4.78 is 27.3. The van der Waals surface area contributed by atoms with Gasteiger partial charge in [-0.2, -0.15) is 0 Å². The second kappa shape index (κ2) is 6.13. The van der Waals surface area contributed by atoms with E-state index < -0.39 is 28.3 Å². The minimum Gasteiger partial charge on any atom is -0.393 e. The topological polar surface area (TPSA) is 75.4 Å². The van der Waals surface area contributed by atoms with Gasteiger partial charge in [0.05, 0.1) is 23.2 Å². The lowest BCUT2D eigenvalue weighted by molar-refractivity contribution is -0.385. The van der Waals surface area contributed by atoms with Crippen LogP contribution in [0.5, 0.6) is 0 Å². The Labute approximate surface area is 114 Å². The average Bonchev–Trinajstić information content (AvgIpc) is 2.39. The minimum absolute atomic E-state index is 0.0576. The molecule has 0 aromatic heterocycles. The van der Waals surface area contributed by atoms with Crippen LogP contribution in [0.4, 0.5) is 20.2 Å². The molecule has 1 aromatic rings. The van der Waals surface area contributed by atoms with Crippen molar-refractivity contribution in [3.05, 3.63) is 33.9 Å². The van der Waals surface area contributed by atoms with Crippen LogP contribution in [0, 0.1) is 27.7 Å². The first-order chi connectivity index (χ1) is 9.49. The molecule has 0 heterocycles. The third kappa shape index (κ3) is 3.22. The van der Waals surface area contributed by atoms with Gasteiger partial charge in [0.1, 0.15) is 5.69 Å². The molecule has 0 bridgehead atoms. The number of rotatable bonds is 4. The van der Waals surface area contributed by atoms with Gasteiger partial charge in [0.2, 0.25) is 0 Å². The molecule has 2 rings (SSSR count). The molecule has 2 N–H and O–H groups in total. The first-order valence-electron chi connectivity index (χ1n) is 6.54. The van der Waals surface area contributed by atoms with E-state index in [9.17, 15) is 24.0 Å². The number of nitrogens with zero attached hydrogens (tertiary/aromatic N) is 1. The SMILES string of the molecule is O=[N+]([O-])c1cc(F)c(NCC2CCCCC2O)c(F)c1. The minimum atomic E-state index is -0.998. The molecule has 20 heavy (non-hydrogen) atoms. The number of nitrogens with one attached hydrogen (secondary N) is 1. The van der Waals surface area contributed by atoms with Crippen LogP contribution in [0.1, 0.15) is 25.7 Å². The molecule has 0 radical (unpaired) electrons. The van der Waals surface area contributed by atoms with Crippen molar-refractivity contribution >= 4 is 11.4 Å². The van der Waals surface area contributed by atoms with E-state index in [-0.39, 0.29) is 18.2 Å². The first kappa shape index (κ1) is 14.6. The molecular weight excluding hydrogens is 270 g/mol. The van der Waals surface area contributed by atoms with Crippen molar-refractivity contribution in [1.29, 1.82) is 0 Å². The predicted octanol–water partition coefficient (Wildman–Crippen LogP) is 2.84. The number of nitro groups is 1. The Balaban J connectivity index is 2.07. The Kier molecular flexibility index (Phi) is 4.49. The van der Waals surface area contributed by atoms with Gasteiger partial charge in [0, 0.05) is 12.5 Å². The molecule has 1 saturated carbocycles. The second-order valence-corrected chi connectivity index (χ2v) is 5.03. The number of aliphatic hydroxyl groups excluding tert-OH is 1. The van der Waals surface area contributed by atoms with Gasteiger partial charge in [-0.3, -0.25) is 10.1 Å². The van der Waals surface area contributed by atoms with E-state index in [1.165, 1.54) is 0 Å². The van der Waals surface area contributed by atoms with Crippen LogP contribution in [0.15, 0.2) is 12.1 Å². The van der Waals surface area contributed by atoms with Gasteiger partial charge in [-0.1, -0.05) is 12.8 Å². The van der Waals surface area contributed by atoms with E-state index in [0.29, 0.717) is 18.6 Å². The number of halogens is 2. The van der Waals surface area contributed by atoms with E-state index in [1.807, 2.05) is 0 Å². The third-order valence-electron chi connectivity index (χ3n) is 3.65. The van der Waals surface area contributed by atoms with Crippen LogP contribution in [0.3, 0.4) is 0 Å². The summed E-state index contributed by atoms with van der Waals surface area (Å²) in [6, 6.07) is 1.37. The highest BCUT2D eigenvalue weighted by atomic mass is 19.1. The van der Waals surface area contributed by atoms with E-state index >= 15 is 0 Å². The molecule has 110 valence electrons. The Morgan fingerprint density at radius 1 is 1.30 bits per heavy atom. The molecule has 0 spiro atoms. The van der Waals surface area contributed by atoms with Gasteiger partial charge in [-0.15, -0.1) is 0 Å². The molecule has 0 amide bonds. The van der Waals surface area contributed by atoms with Crippen molar-refractivity contribution in [3.63, 3.8) is 0 Å². The van der Waals surface area contributed by atoms with Crippen LogP contribution < -0.4 is 5.32 Å². The Morgan fingerprint density at radius 3 is 2.45 bits per heavy atom. The smallest absolute Gasteiger partial charge is 0.275 e. The number of hydrogen-bond acceptors (Lipinski definition) is 4. The van der Waals surface area contributed by atoms with Crippen LogP contribution in [0.25, 0.3) is 0 Å². The fraction of sp³-hybridized carbons (Fsp3) is 0.538. The molecule has 2 unspecified atom stereocenters. The summed E-state index contributed by atoms with van der Waals surface area (Å²) in [4.78, 5) is 9.64. The zero-order valence-electron chi connectivity index (χ0n) is 10.8. The van der Waals surface area contributed by atoms with Crippen molar-refractivity contribution in [2.24, 2.45) is 5.92 Å². The molecule has 1 aliphatic rings. The maximum atomic E-state index is 13.7. The highest BCUT2D eigenvalue weighted by molar-refractivity contribution is 5.51. The lowest BCUT2D eigenvalue weighted by Crippen LogP contribution is -2.30. The zero-order valence-corrected chi connectivity index (χ0v) is 10.8. The Hall–Kier alpha value is -1.76. The van der Waals surface area contributed by atoms with Crippen molar-refractivity contribution < 1.29 is 18.8 Å². The van der Waals surface area contributed by atoms with Gasteiger partial charge in [0.25, 0.3) is 5.69 Å². The summed E-state index contributed by atoms with van der Waals surface area (Å²) in [5.41, 5.74) is -1.00. The van der Waals surface area contributed by atoms with Crippen molar-refractivity contribution in [1.82, 2.24) is 0 Å². The molecule has 1 fully saturated rings. The van der Waals surface area contributed by atoms with Gasteiger partial charge in [0.15, 0.2) is 11.6 Å². The monoisotopic (exact) mass is 286 g/mol. The fourth-order valence-corrected chi connectivity index (χ4v) is 2.49. The number of non-ortho nitro benzene ring substituents is 1. The van der Waals surface area contributed by atoms with E-state index in [4.69, 9.17) is 0 Å². The molecule has 1 aromatic carbocycles. The molecule has 7 heteroatoms. The fourth-order valence-electron chi connectivity index (χ4n) is 2.49. The van der Waals surface area contributed by atoms with Crippen molar-refractivity contribution in [2.45, 2.75) is 31.8 Å². The Bertz CT molecular complexity index is 487. The third-order valence-corrected chi connectivity index (χ3v) is 3.65. The number of aliphatic hydroxyl groups is 1. The van der Waals surface area contributed by atoms with Crippen molar-refractivity contribution in [2.75, 3.05) is 11.9 Å². The van der Waals surface area contributed by atoms with Crippen molar-refractivity contribution in [3.8, 4) is 0 Å². The largest absolute Gasteiger partial charge is 0.393 e. The molecule has 5 nitrogen and oxygen atoms in total. The van der Waals surface area contributed by atoms with E-state index in [2.05, 4.69) is 5.32 Å². The summed E-state index contributed by atoms with van der Waals surface area (Å²) in [6.07, 6.45) is 2.95. The number of anilines is 1. The zero-order chi connectivity index (χ0) is 14.7. The normalized spacial score (nSPS) is 22.6. The van der Waals surface area contributed by atoms with Gasteiger partial charge in [-0.05, 0) is 12.8 Å². The molecule has 2 atom stereocenters. The molecule has 0 aliphatic heterocycles. The highest BCUT2D eigenvalue weighted by Crippen LogP contribution is 2.28. The summed E-state index contributed by atoms with van der Waals surface area (Å²) >= 11 is 0. The quantitative estimate of drug-likeness (QED) is 0.659. The molecule has 0 saturated heterocycles. The lowest BCUT2D eigenvalue weighted by atomic mass is 9.86. The van der Waals surface area contributed by atoms with Crippen LogP contribution >= 0.6 is 0 Å². The first-order valence-corrected chi connectivity index (χ1v) is 6.54. The van der Waals surface area contributed by atoms with E-state index in [1.54, 1.807) is 0 Å². The summed E-state index contributed by atoms with van der Waals surface area (Å²) in [7, 11) is 0. The lowest BCUT2D eigenvalue weighted by Gasteiger charge is -2.28. The maximum absolute atomic E-state index is 13.7.